The van der Waals surface area contributed by atoms with Crippen LogP contribution in [0.25, 0.3) is 0 Å². The van der Waals surface area contributed by atoms with Crippen LogP contribution in [0.2, 0.25) is 0 Å². The van der Waals surface area contributed by atoms with Crippen LogP contribution in [0.5, 0.6) is 0 Å². The first-order chi connectivity index (χ1) is 6.11. The SMILES string of the molecule is CO[C@]1(C)CC[C@@H](C(=O)NN)CC1. The van der Waals surface area contributed by atoms with Gasteiger partial charge in [0.25, 0.3) is 0 Å². The van der Waals surface area contributed by atoms with Crippen LogP contribution in [-0.2, 0) is 9.53 Å². The van der Waals surface area contributed by atoms with Gasteiger partial charge < -0.3 is 4.74 Å². The third-order valence-electron chi connectivity index (χ3n) is 3.05. The van der Waals surface area contributed by atoms with E-state index in [1.165, 1.54) is 0 Å². The molecule has 0 aromatic carbocycles. The molecule has 4 nitrogen and oxygen atoms in total. The Bertz CT molecular complexity index is 186. The van der Waals surface area contributed by atoms with Crippen LogP contribution in [0.15, 0.2) is 0 Å². The molecule has 4 heteroatoms. The Kier molecular flexibility index (Phi) is 3.27. The van der Waals surface area contributed by atoms with Crippen molar-refractivity contribution in [3.8, 4) is 0 Å². The smallest absolute Gasteiger partial charge is 0.236 e. The van der Waals surface area contributed by atoms with Gasteiger partial charge >= 0.3 is 0 Å². The van der Waals surface area contributed by atoms with E-state index in [1.54, 1.807) is 7.11 Å². The highest BCUT2D eigenvalue weighted by atomic mass is 16.5. The first-order valence-corrected chi connectivity index (χ1v) is 4.67. The van der Waals surface area contributed by atoms with Crippen LogP contribution >= 0.6 is 0 Å². The number of carbonyl (C=O) groups excluding carboxylic acids is 1. The molecule has 1 rings (SSSR count). The quantitative estimate of drug-likeness (QED) is 0.376. The number of hydrogen-bond donors (Lipinski definition) is 2. The second-order valence-electron chi connectivity index (χ2n) is 3.94. The number of nitrogens with one attached hydrogen (secondary N) is 1. The third kappa shape index (κ3) is 2.42. The molecule has 1 amide bonds. The zero-order valence-corrected chi connectivity index (χ0v) is 8.30. The summed E-state index contributed by atoms with van der Waals surface area (Å²) in [5.41, 5.74) is 2.16. The van der Waals surface area contributed by atoms with E-state index in [2.05, 4.69) is 12.3 Å². The van der Waals surface area contributed by atoms with Gasteiger partial charge in [0.05, 0.1) is 5.60 Å². The van der Waals surface area contributed by atoms with Gasteiger partial charge in [-0.1, -0.05) is 0 Å². The summed E-state index contributed by atoms with van der Waals surface area (Å²) in [6.45, 7) is 2.09. The van der Waals surface area contributed by atoms with Crippen molar-refractivity contribution in [1.82, 2.24) is 5.43 Å². The first kappa shape index (κ1) is 10.5. The highest BCUT2D eigenvalue weighted by Gasteiger charge is 2.33. The van der Waals surface area contributed by atoms with Crippen molar-refractivity contribution in [2.45, 2.75) is 38.2 Å². The van der Waals surface area contributed by atoms with Crippen molar-refractivity contribution in [1.29, 1.82) is 0 Å². The predicted octanol–water partition coefficient (Wildman–Crippen LogP) is 0.572. The van der Waals surface area contributed by atoms with Gasteiger partial charge in [0.15, 0.2) is 0 Å². The number of methoxy groups -OCH3 is 1. The zero-order valence-electron chi connectivity index (χ0n) is 8.30. The first-order valence-electron chi connectivity index (χ1n) is 4.67. The molecule has 1 fully saturated rings. The van der Waals surface area contributed by atoms with Crippen LogP contribution in [0.4, 0.5) is 0 Å². The van der Waals surface area contributed by atoms with E-state index in [9.17, 15) is 4.79 Å². The van der Waals surface area contributed by atoms with E-state index in [4.69, 9.17) is 10.6 Å². The largest absolute Gasteiger partial charge is 0.379 e. The number of rotatable bonds is 2. The van der Waals surface area contributed by atoms with Gasteiger partial charge in [-0.3, -0.25) is 10.2 Å². The van der Waals surface area contributed by atoms with Gasteiger partial charge in [-0.25, -0.2) is 5.84 Å². The molecule has 76 valence electrons. The Balaban J connectivity index is 2.43. The fourth-order valence-corrected chi connectivity index (χ4v) is 1.81. The third-order valence-corrected chi connectivity index (χ3v) is 3.05. The fraction of sp³-hybridized carbons (Fsp3) is 0.889. The Morgan fingerprint density at radius 2 is 2.08 bits per heavy atom. The number of ether oxygens (including phenoxy) is 1. The van der Waals surface area contributed by atoms with Gasteiger partial charge in [-0.2, -0.15) is 0 Å². The molecular weight excluding hydrogens is 168 g/mol. The summed E-state index contributed by atoms with van der Waals surface area (Å²) in [7, 11) is 1.73. The van der Waals surface area contributed by atoms with Crippen LogP contribution in [-0.4, -0.2) is 18.6 Å². The number of hydrogen-bond acceptors (Lipinski definition) is 3. The lowest BCUT2D eigenvalue weighted by atomic mass is 9.79. The summed E-state index contributed by atoms with van der Waals surface area (Å²) in [5.74, 6) is 5.11. The molecule has 1 saturated carbocycles. The average Bonchev–Trinajstić information content (AvgIpc) is 2.18. The molecule has 0 bridgehead atoms. The molecule has 0 spiro atoms. The molecule has 0 atom stereocenters. The maximum absolute atomic E-state index is 11.2. The van der Waals surface area contributed by atoms with Crippen molar-refractivity contribution >= 4 is 5.91 Å². The average molecular weight is 186 g/mol. The summed E-state index contributed by atoms with van der Waals surface area (Å²) in [4.78, 5) is 11.2. The Hall–Kier alpha value is -0.610. The minimum atomic E-state index is -0.0434. The molecular formula is C9H18N2O2. The highest BCUT2D eigenvalue weighted by molar-refractivity contribution is 5.78. The molecule has 1 aliphatic rings. The van der Waals surface area contributed by atoms with Gasteiger partial charge in [-0.05, 0) is 32.6 Å². The molecule has 0 aliphatic heterocycles. The van der Waals surface area contributed by atoms with Crippen LogP contribution < -0.4 is 11.3 Å². The van der Waals surface area contributed by atoms with E-state index in [-0.39, 0.29) is 17.4 Å². The lowest BCUT2D eigenvalue weighted by molar-refractivity contribution is -0.128. The maximum Gasteiger partial charge on any atom is 0.236 e. The normalized spacial score (nSPS) is 34.2. The van der Waals surface area contributed by atoms with E-state index in [0.717, 1.165) is 25.7 Å². The van der Waals surface area contributed by atoms with Crippen molar-refractivity contribution in [2.24, 2.45) is 11.8 Å². The van der Waals surface area contributed by atoms with Crippen molar-refractivity contribution in [3.05, 3.63) is 0 Å². The summed E-state index contributed by atoms with van der Waals surface area (Å²) in [5, 5.41) is 0. The molecule has 3 N–H and O–H groups in total. The maximum atomic E-state index is 11.2. The predicted molar refractivity (Wildman–Crippen MR) is 49.7 cm³/mol. The fourth-order valence-electron chi connectivity index (χ4n) is 1.81. The molecule has 0 heterocycles. The summed E-state index contributed by atoms with van der Waals surface area (Å²) < 4.78 is 5.38. The molecule has 0 aromatic heterocycles. The van der Waals surface area contributed by atoms with E-state index < -0.39 is 0 Å². The van der Waals surface area contributed by atoms with Crippen LogP contribution in [0, 0.1) is 5.92 Å². The van der Waals surface area contributed by atoms with E-state index in [0.29, 0.717) is 0 Å². The number of amides is 1. The van der Waals surface area contributed by atoms with Crippen molar-refractivity contribution in [3.63, 3.8) is 0 Å². The molecule has 0 radical (unpaired) electrons. The summed E-state index contributed by atoms with van der Waals surface area (Å²) >= 11 is 0. The second-order valence-corrected chi connectivity index (χ2v) is 3.94. The summed E-state index contributed by atoms with van der Waals surface area (Å²) in [6, 6.07) is 0. The molecule has 0 saturated heterocycles. The van der Waals surface area contributed by atoms with Gasteiger partial charge in [-0.15, -0.1) is 0 Å². The Morgan fingerprint density at radius 3 is 2.46 bits per heavy atom. The van der Waals surface area contributed by atoms with Gasteiger partial charge in [0, 0.05) is 13.0 Å². The van der Waals surface area contributed by atoms with Crippen molar-refractivity contribution < 1.29 is 9.53 Å². The minimum Gasteiger partial charge on any atom is -0.379 e. The van der Waals surface area contributed by atoms with Crippen molar-refractivity contribution in [2.75, 3.05) is 7.11 Å². The van der Waals surface area contributed by atoms with Crippen LogP contribution in [0.1, 0.15) is 32.6 Å². The monoisotopic (exact) mass is 186 g/mol. The minimum absolute atomic E-state index is 0.0363. The lowest BCUT2D eigenvalue weighted by Gasteiger charge is -2.35. The molecule has 0 unspecified atom stereocenters. The molecule has 1 aliphatic carbocycles. The topological polar surface area (TPSA) is 64.3 Å². The Morgan fingerprint density at radius 1 is 1.54 bits per heavy atom. The molecule has 0 aromatic rings. The molecule has 13 heavy (non-hydrogen) atoms. The highest BCUT2D eigenvalue weighted by Crippen LogP contribution is 2.33. The van der Waals surface area contributed by atoms with E-state index in [1.807, 2.05) is 0 Å². The number of hydrazine groups is 1. The van der Waals surface area contributed by atoms with E-state index >= 15 is 0 Å². The standard InChI is InChI=1S/C9H18N2O2/c1-9(13-2)5-3-7(4-6-9)8(12)11-10/h7H,3-6,10H2,1-2H3,(H,11,12)/t7-,9-. The number of carbonyl (C=O) groups is 1. The van der Waals surface area contributed by atoms with Crippen LogP contribution in [0.3, 0.4) is 0 Å². The lowest BCUT2D eigenvalue weighted by Crippen LogP contribution is -2.41. The van der Waals surface area contributed by atoms with Gasteiger partial charge in [0.2, 0.25) is 5.91 Å². The van der Waals surface area contributed by atoms with Gasteiger partial charge in [0.1, 0.15) is 0 Å². The number of nitrogens with two attached hydrogens (primary N) is 1. The summed E-state index contributed by atoms with van der Waals surface area (Å²) in [6.07, 6.45) is 3.60. The Labute approximate surface area is 78.8 Å². The second kappa shape index (κ2) is 4.07. The zero-order chi connectivity index (χ0) is 9.90.